The molecular weight excluding hydrogens is 251 g/mol. The van der Waals surface area contributed by atoms with Crippen molar-refractivity contribution in [3.63, 3.8) is 0 Å². The van der Waals surface area contributed by atoms with Gasteiger partial charge in [0.1, 0.15) is 5.82 Å². The molecule has 0 aromatic heterocycles. The zero-order valence-electron chi connectivity index (χ0n) is 9.23. The van der Waals surface area contributed by atoms with Crippen LogP contribution in [0.15, 0.2) is 11.0 Å². The van der Waals surface area contributed by atoms with Gasteiger partial charge >= 0.3 is 0 Å². The topological polar surface area (TPSA) is 21.3 Å². The first kappa shape index (κ1) is 12.7. The average molecular weight is 263 g/mol. The lowest BCUT2D eigenvalue weighted by molar-refractivity contribution is 0.0248. The lowest BCUT2D eigenvalue weighted by atomic mass is 10.1. The number of hydrogen-bond acceptors (Lipinski definition) is 3. The molecule has 1 aromatic rings. The van der Waals surface area contributed by atoms with Crippen LogP contribution in [0.4, 0.5) is 13.2 Å². The van der Waals surface area contributed by atoms with E-state index in [1.807, 2.05) is 0 Å². The third-order valence-corrected chi connectivity index (χ3v) is 3.41. The van der Waals surface area contributed by atoms with Crippen LogP contribution in [-0.2, 0) is 4.74 Å². The van der Waals surface area contributed by atoms with Gasteiger partial charge in [0.05, 0.1) is 17.6 Å². The highest BCUT2D eigenvalue weighted by Crippen LogP contribution is 2.31. The molecule has 17 heavy (non-hydrogen) atoms. The highest BCUT2D eigenvalue weighted by atomic mass is 32.2. The van der Waals surface area contributed by atoms with Crippen LogP contribution in [0.1, 0.15) is 11.7 Å². The number of hydrogen-bond donors (Lipinski definition) is 1. The molecular formula is C11H12F3NOS. The second-order valence-corrected chi connectivity index (χ2v) is 4.49. The first-order valence-electron chi connectivity index (χ1n) is 5.19. The SMILES string of the molecule is CSc1c(F)cc(C2CNCCO2)c(F)c1F. The summed E-state index contributed by atoms with van der Waals surface area (Å²) in [6.45, 7) is 1.41. The van der Waals surface area contributed by atoms with Gasteiger partial charge in [0.25, 0.3) is 0 Å². The Morgan fingerprint density at radius 2 is 2.12 bits per heavy atom. The molecule has 0 saturated carbocycles. The number of morpholine rings is 1. The van der Waals surface area contributed by atoms with Gasteiger partial charge in [-0.2, -0.15) is 0 Å². The quantitative estimate of drug-likeness (QED) is 0.654. The monoisotopic (exact) mass is 263 g/mol. The second kappa shape index (κ2) is 5.29. The van der Waals surface area contributed by atoms with Crippen molar-refractivity contribution in [2.24, 2.45) is 0 Å². The van der Waals surface area contributed by atoms with E-state index < -0.39 is 23.6 Å². The van der Waals surface area contributed by atoms with Gasteiger partial charge in [0, 0.05) is 18.7 Å². The fraction of sp³-hybridized carbons (Fsp3) is 0.455. The maximum Gasteiger partial charge on any atom is 0.175 e. The van der Waals surface area contributed by atoms with Gasteiger partial charge in [0.15, 0.2) is 11.6 Å². The molecule has 1 aliphatic heterocycles. The van der Waals surface area contributed by atoms with Crippen LogP contribution in [0.5, 0.6) is 0 Å². The van der Waals surface area contributed by atoms with Gasteiger partial charge in [-0.15, -0.1) is 11.8 Å². The van der Waals surface area contributed by atoms with Gasteiger partial charge in [0.2, 0.25) is 0 Å². The lowest BCUT2D eigenvalue weighted by Gasteiger charge is -2.24. The summed E-state index contributed by atoms with van der Waals surface area (Å²) >= 11 is 0.845. The van der Waals surface area contributed by atoms with Crippen LogP contribution < -0.4 is 5.32 Å². The molecule has 2 rings (SSSR count). The molecule has 1 heterocycles. The standard InChI is InChI=1S/C11H12F3NOS/c1-17-11-7(12)4-6(9(13)10(11)14)8-5-15-2-3-16-8/h4,8,15H,2-3,5H2,1H3. The molecule has 0 aliphatic carbocycles. The first-order chi connectivity index (χ1) is 8.15. The van der Waals surface area contributed by atoms with E-state index in [-0.39, 0.29) is 10.5 Å². The summed E-state index contributed by atoms with van der Waals surface area (Å²) in [5.41, 5.74) is -0.0648. The minimum Gasteiger partial charge on any atom is -0.371 e. The summed E-state index contributed by atoms with van der Waals surface area (Å²) in [6.07, 6.45) is 0.864. The smallest absolute Gasteiger partial charge is 0.175 e. The van der Waals surface area contributed by atoms with E-state index in [0.717, 1.165) is 17.8 Å². The van der Waals surface area contributed by atoms with E-state index >= 15 is 0 Å². The lowest BCUT2D eigenvalue weighted by Crippen LogP contribution is -2.34. The summed E-state index contributed by atoms with van der Waals surface area (Å²) in [5.74, 6) is -2.91. The van der Waals surface area contributed by atoms with E-state index in [1.54, 1.807) is 0 Å². The Bertz CT molecular complexity index is 422. The predicted octanol–water partition coefficient (Wildman–Crippen LogP) is 2.49. The molecule has 1 unspecified atom stereocenters. The number of nitrogens with one attached hydrogen (secondary N) is 1. The molecule has 2 nitrogen and oxygen atoms in total. The van der Waals surface area contributed by atoms with Crippen molar-refractivity contribution >= 4 is 11.8 Å². The van der Waals surface area contributed by atoms with Crippen molar-refractivity contribution in [1.82, 2.24) is 5.32 Å². The molecule has 0 radical (unpaired) electrons. The molecule has 1 aliphatic rings. The molecule has 0 spiro atoms. The third-order valence-electron chi connectivity index (χ3n) is 2.62. The van der Waals surface area contributed by atoms with Gasteiger partial charge in [-0.3, -0.25) is 0 Å². The largest absolute Gasteiger partial charge is 0.371 e. The molecule has 1 N–H and O–H groups in total. The average Bonchev–Trinajstić information content (AvgIpc) is 2.35. The molecule has 6 heteroatoms. The van der Waals surface area contributed by atoms with E-state index in [2.05, 4.69) is 5.32 Å². The van der Waals surface area contributed by atoms with Crippen LogP contribution in [0.2, 0.25) is 0 Å². The number of thioether (sulfide) groups is 1. The van der Waals surface area contributed by atoms with Crippen LogP contribution in [0.25, 0.3) is 0 Å². The Hall–Kier alpha value is -0.720. The molecule has 0 bridgehead atoms. The van der Waals surface area contributed by atoms with Crippen LogP contribution >= 0.6 is 11.8 Å². The third kappa shape index (κ3) is 2.43. The molecule has 1 saturated heterocycles. The minimum absolute atomic E-state index is 0.0648. The maximum absolute atomic E-state index is 13.8. The zero-order valence-corrected chi connectivity index (χ0v) is 10.0. The van der Waals surface area contributed by atoms with E-state index in [4.69, 9.17) is 4.74 Å². The van der Waals surface area contributed by atoms with Gasteiger partial charge in [-0.1, -0.05) is 0 Å². The summed E-state index contributed by atoms with van der Waals surface area (Å²) in [6, 6.07) is 1.02. The van der Waals surface area contributed by atoms with Crippen molar-refractivity contribution in [1.29, 1.82) is 0 Å². The second-order valence-electron chi connectivity index (χ2n) is 3.67. The molecule has 1 atom stereocenters. The van der Waals surface area contributed by atoms with Crippen molar-refractivity contribution in [2.75, 3.05) is 26.0 Å². The summed E-state index contributed by atoms with van der Waals surface area (Å²) in [5, 5.41) is 2.99. The van der Waals surface area contributed by atoms with Crippen molar-refractivity contribution in [2.45, 2.75) is 11.0 Å². The summed E-state index contributed by atoms with van der Waals surface area (Å²) in [4.78, 5) is -0.296. The molecule has 1 aromatic carbocycles. The highest BCUT2D eigenvalue weighted by molar-refractivity contribution is 7.98. The van der Waals surface area contributed by atoms with E-state index in [9.17, 15) is 13.2 Å². The van der Waals surface area contributed by atoms with Crippen molar-refractivity contribution in [3.05, 3.63) is 29.1 Å². The predicted molar refractivity (Wildman–Crippen MR) is 59.7 cm³/mol. The minimum atomic E-state index is -1.14. The molecule has 1 fully saturated rings. The van der Waals surface area contributed by atoms with Crippen molar-refractivity contribution in [3.8, 4) is 0 Å². The zero-order chi connectivity index (χ0) is 12.4. The number of halogens is 3. The Morgan fingerprint density at radius 3 is 2.71 bits per heavy atom. The van der Waals surface area contributed by atoms with Crippen LogP contribution in [0.3, 0.4) is 0 Å². The highest BCUT2D eigenvalue weighted by Gasteiger charge is 2.25. The van der Waals surface area contributed by atoms with E-state index in [1.165, 1.54) is 6.26 Å². The molecule has 0 amide bonds. The summed E-state index contributed by atoms with van der Waals surface area (Å²) in [7, 11) is 0. The molecule has 94 valence electrons. The number of rotatable bonds is 2. The normalized spacial score (nSPS) is 20.6. The van der Waals surface area contributed by atoms with Gasteiger partial charge < -0.3 is 10.1 Å². The van der Waals surface area contributed by atoms with Gasteiger partial charge in [-0.05, 0) is 12.3 Å². The van der Waals surface area contributed by atoms with Gasteiger partial charge in [-0.25, -0.2) is 13.2 Å². The Balaban J connectivity index is 2.40. The fourth-order valence-electron chi connectivity index (χ4n) is 1.78. The Labute approximate surface area is 102 Å². The maximum atomic E-state index is 13.8. The number of ether oxygens (including phenoxy) is 1. The Morgan fingerprint density at radius 1 is 1.35 bits per heavy atom. The Kier molecular flexibility index (Phi) is 3.96. The summed E-state index contributed by atoms with van der Waals surface area (Å²) < 4.78 is 46.1. The number of benzene rings is 1. The fourth-order valence-corrected chi connectivity index (χ4v) is 2.31. The van der Waals surface area contributed by atoms with Crippen LogP contribution in [-0.4, -0.2) is 26.0 Å². The van der Waals surface area contributed by atoms with Crippen LogP contribution in [0, 0.1) is 17.5 Å². The van der Waals surface area contributed by atoms with Crippen molar-refractivity contribution < 1.29 is 17.9 Å². The van der Waals surface area contributed by atoms with E-state index in [0.29, 0.717) is 19.7 Å². The first-order valence-corrected chi connectivity index (χ1v) is 6.41.